The van der Waals surface area contributed by atoms with Crippen molar-refractivity contribution in [2.75, 3.05) is 19.1 Å². The lowest BCUT2D eigenvalue weighted by Crippen LogP contribution is -2.28. The quantitative estimate of drug-likeness (QED) is 0.611. The van der Waals surface area contributed by atoms with Gasteiger partial charge >= 0.3 is 6.09 Å². The van der Waals surface area contributed by atoms with E-state index in [1.54, 1.807) is 31.4 Å². The second kappa shape index (κ2) is 5.81. The number of non-ortho nitro benzene ring substituents is 1. The van der Waals surface area contributed by atoms with Crippen LogP contribution in [-0.4, -0.2) is 25.2 Å². The topological polar surface area (TPSA) is 81.9 Å². The molecule has 0 atom stereocenters. The molecule has 118 valence electrons. The Morgan fingerprint density at radius 3 is 2.39 bits per heavy atom. The summed E-state index contributed by atoms with van der Waals surface area (Å²) in [5, 5.41) is 11.0. The first-order valence-electron chi connectivity index (χ1n) is 6.57. The summed E-state index contributed by atoms with van der Waals surface area (Å²) >= 11 is 1.34. The average Bonchev–Trinajstić information content (AvgIpc) is 2.57. The molecule has 0 saturated carbocycles. The fraction of sp³-hybridized carbons (Fsp3) is 0.133. The van der Waals surface area contributed by atoms with Crippen LogP contribution in [0.5, 0.6) is 5.75 Å². The molecule has 1 aliphatic heterocycles. The van der Waals surface area contributed by atoms with Crippen LogP contribution in [0.2, 0.25) is 0 Å². The van der Waals surface area contributed by atoms with Gasteiger partial charge in [0.25, 0.3) is 5.69 Å². The summed E-state index contributed by atoms with van der Waals surface area (Å²) in [6, 6.07) is 9.62. The second-order valence-electron chi connectivity index (χ2n) is 4.65. The molecule has 0 radical (unpaired) electrons. The molecular weight excluding hydrogens is 320 g/mol. The second-order valence-corrected chi connectivity index (χ2v) is 5.73. The molecule has 0 bridgehead atoms. The first-order valence-corrected chi connectivity index (χ1v) is 7.39. The molecule has 23 heavy (non-hydrogen) atoms. The predicted octanol–water partition coefficient (Wildman–Crippen LogP) is 3.97. The summed E-state index contributed by atoms with van der Waals surface area (Å²) < 4.78 is 10.0. The van der Waals surface area contributed by atoms with E-state index in [0.29, 0.717) is 22.0 Å². The maximum atomic E-state index is 12.2. The van der Waals surface area contributed by atoms with Crippen molar-refractivity contribution in [2.45, 2.75) is 9.79 Å². The standard InChI is InChI=1S/C15H12N2O5S/c1-21-10-4-6-12-14(8-10)23-13-7-9(17(19)20)3-5-11(13)16(12)15(18)22-2/h3-8H,1-2H3. The number of amides is 1. The summed E-state index contributed by atoms with van der Waals surface area (Å²) in [5.41, 5.74) is 1.15. The highest BCUT2D eigenvalue weighted by Crippen LogP contribution is 2.50. The summed E-state index contributed by atoms with van der Waals surface area (Å²) in [5.74, 6) is 0.634. The van der Waals surface area contributed by atoms with Gasteiger partial charge in [-0.2, -0.15) is 0 Å². The van der Waals surface area contributed by atoms with Gasteiger partial charge in [-0.15, -0.1) is 0 Å². The van der Waals surface area contributed by atoms with Gasteiger partial charge in [-0.1, -0.05) is 11.8 Å². The van der Waals surface area contributed by atoms with Crippen LogP contribution in [0.1, 0.15) is 0 Å². The minimum Gasteiger partial charge on any atom is -0.497 e. The van der Waals surface area contributed by atoms with Gasteiger partial charge < -0.3 is 9.47 Å². The largest absolute Gasteiger partial charge is 0.497 e. The minimum absolute atomic E-state index is 0.0348. The molecule has 2 aromatic carbocycles. The average molecular weight is 332 g/mol. The van der Waals surface area contributed by atoms with Gasteiger partial charge in [-0.05, 0) is 24.3 Å². The number of carbonyl (C=O) groups excluding carboxylic acids is 1. The number of nitro benzene ring substituents is 1. The SMILES string of the molecule is COC(=O)N1c2ccc(OC)cc2Sc2cc([N+](=O)[O-])ccc21. The van der Waals surface area contributed by atoms with Crippen molar-refractivity contribution in [2.24, 2.45) is 0 Å². The maximum Gasteiger partial charge on any atom is 0.418 e. The Hall–Kier alpha value is -2.74. The number of hydrogen-bond donors (Lipinski definition) is 0. The molecule has 0 unspecified atom stereocenters. The number of methoxy groups -OCH3 is 2. The van der Waals surface area contributed by atoms with Gasteiger partial charge in [0.2, 0.25) is 0 Å². The van der Waals surface area contributed by atoms with Gasteiger partial charge in [-0.3, -0.25) is 10.1 Å². The monoisotopic (exact) mass is 332 g/mol. The number of hydrogen-bond acceptors (Lipinski definition) is 6. The van der Waals surface area contributed by atoms with Crippen LogP contribution in [0.4, 0.5) is 21.9 Å². The van der Waals surface area contributed by atoms with Crippen molar-refractivity contribution in [3.8, 4) is 5.75 Å². The summed E-state index contributed by atoms with van der Waals surface area (Å²) in [6.45, 7) is 0. The Kier molecular flexibility index (Phi) is 3.83. The normalized spacial score (nSPS) is 12.2. The Bertz CT molecular complexity index is 808. The third-order valence-corrected chi connectivity index (χ3v) is 4.47. The van der Waals surface area contributed by atoms with Gasteiger partial charge in [0.05, 0.1) is 30.5 Å². The number of rotatable bonds is 2. The van der Waals surface area contributed by atoms with Crippen molar-refractivity contribution in [1.29, 1.82) is 0 Å². The minimum atomic E-state index is -0.563. The molecule has 0 N–H and O–H groups in total. The first-order chi connectivity index (χ1) is 11.0. The van der Waals surface area contributed by atoms with E-state index in [-0.39, 0.29) is 5.69 Å². The van der Waals surface area contributed by atoms with Crippen LogP contribution in [0.25, 0.3) is 0 Å². The fourth-order valence-electron chi connectivity index (χ4n) is 2.31. The maximum absolute atomic E-state index is 12.2. The molecule has 7 nitrogen and oxygen atoms in total. The zero-order valence-corrected chi connectivity index (χ0v) is 13.1. The molecule has 8 heteroatoms. The molecule has 1 amide bonds. The Labute approximate surface area is 136 Å². The highest BCUT2D eigenvalue weighted by Gasteiger charge is 2.30. The summed E-state index contributed by atoms with van der Waals surface area (Å²) in [6.07, 6.45) is -0.563. The molecule has 1 heterocycles. The number of nitro groups is 1. The van der Waals surface area contributed by atoms with E-state index in [0.717, 1.165) is 4.90 Å². The number of fused-ring (bicyclic) bond motifs is 2. The number of ether oxygens (including phenoxy) is 2. The van der Waals surface area contributed by atoms with E-state index in [1.165, 1.54) is 35.9 Å². The molecular formula is C15H12N2O5S. The van der Waals surface area contributed by atoms with Crippen LogP contribution in [0.15, 0.2) is 46.2 Å². The lowest BCUT2D eigenvalue weighted by Gasteiger charge is -2.29. The Morgan fingerprint density at radius 1 is 1.13 bits per heavy atom. The number of carbonyl (C=O) groups is 1. The van der Waals surface area contributed by atoms with E-state index in [9.17, 15) is 14.9 Å². The molecule has 0 aromatic heterocycles. The lowest BCUT2D eigenvalue weighted by molar-refractivity contribution is -0.385. The fourth-order valence-corrected chi connectivity index (χ4v) is 3.43. The van der Waals surface area contributed by atoms with E-state index < -0.39 is 11.0 Å². The van der Waals surface area contributed by atoms with Crippen LogP contribution in [-0.2, 0) is 4.74 Å². The van der Waals surface area contributed by atoms with E-state index >= 15 is 0 Å². The van der Waals surface area contributed by atoms with Crippen LogP contribution in [0.3, 0.4) is 0 Å². The molecule has 0 spiro atoms. The first kappa shape index (κ1) is 15.2. The van der Waals surface area contributed by atoms with Gasteiger partial charge in [0, 0.05) is 21.9 Å². The zero-order chi connectivity index (χ0) is 16.6. The number of benzene rings is 2. The van der Waals surface area contributed by atoms with Crippen molar-refractivity contribution >= 4 is 34.9 Å². The summed E-state index contributed by atoms with van der Waals surface area (Å²) in [4.78, 5) is 25.5. The van der Waals surface area contributed by atoms with Crippen molar-refractivity contribution in [1.82, 2.24) is 0 Å². The molecule has 1 aliphatic rings. The zero-order valence-electron chi connectivity index (χ0n) is 12.3. The van der Waals surface area contributed by atoms with Crippen LogP contribution in [0, 0.1) is 10.1 Å². The third kappa shape index (κ3) is 2.57. The highest BCUT2D eigenvalue weighted by molar-refractivity contribution is 7.99. The van der Waals surface area contributed by atoms with Crippen molar-refractivity contribution in [3.05, 3.63) is 46.5 Å². The van der Waals surface area contributed by atoms with Crippen LogP contribution >= 0.6 is 11.8 Å². The highest BCUT2D eigenvalue weighted by atomic mass is 32.2. The Balaban J connectivity index is 2.17. The van der Waals surface area contributed by atoms with E-state index in [1.807, 2.05) is 0 Å². The van der Waals surface area contributed by atoms with E-state index in [2.05, 4.69) is 0 Å². The van der Waals surface area contributed by atoms with Gasteiger partial charge in [0.15, 0.2) is 0 Å². The lowest BCUT2D eigenvalue weighted by atomic mass is 10.2. The molecule has 0 fully saturated rings. The van der Waals surface area contributed by atoms with Crippen molar-refractivity contribution in [3.63, 3.8) is 0 Å². The van der Waals surface area contributed by atoms with Gasteiger partial charge in [-0.25, -0.2) is 9.69 Å². The van der Waals surface area contributed by atoms with Crippen LogP contribution < -0.4 is 9.64 Å². The van der Waals surface area contributed by atoms with E-state index in [4.69, 9.17) is 9.47 Å². The Morgan fingerprint density at radius 2 is 1.78 bits per heavy atom. The number of anilines is 2. The molecule has 3 rings (SSSR count). The number of nitrogens with zero attached hydrogens (tertiary/aromatic N) is 2. The van der Waals surface area contributed by atoms with Crippen molar-refractivity contribution < 1.29 is 19.2 Å². The predicted molar refractivity (Wildman–Crippen MR) is 84.8 cm³/mol. The smallest absolute Gasteiger partial charge is 0.418 e. The molecule has 0 saturated heterocycles. The third-order valence-electron chi connectivity index (χ3n) is 3.38. The summed E-state index contributed by atoms with van der Waals surface area (Å²) in [7, 11) is 2.84. The molecule has 2 aromatic rings. The van der Waals surface area contributed by atoms with Gasteiger partial charge in [0.1, 0.15) is 5.75 Å². The molecule has 0 aliphatic carbocycles.